The molecule has 0 saturated heterocycles. The van der Waals surface area contributed by atoms with Crippen molar-refractivity contribution in [2.24, 2.45) is 0 Å². The monoisotopic (exact) mass is 280 g/mol. The van der Waals surface area contributed by atoms with Crippen molar-refractivity contribution >= 4 is 17.7 Å². The zero-order valence-electron chi connectivity index (χ0n) is 12.2. The van der Waals surface area contributed by atoms with E-state index in [0.29, 0.717) is 18.0 Å². The van der Waals surface area contributed by atoms with Crippen LogP contribution in [0.1, 0.15) is 34.1 Å². The molecule has 1 heterocycles. The van der Waals surface area contributed by atoms with Gasteiger partial charge in [-0.25, -0.2) is 9.78 Å². The summed E-state index contributed by atoms with van der Waals surface area (Å²) in [7, 11) is 0. The van der Waals surface area contributed by atoms with Crippen LogP contribution < -0.4 is 10.1 Å². The van der Waals surface area contributed by atoms with Gasteiger partial charge in [-0.2, -0.15) is 0 Å². The quantitative estimate of drug-likeness (QED) is 0.897. The molecule has 1 rings (SSSR count). The summed E-state index contributed by atoms with van der Waals surface area (Å²) in [4.78, 5) is 26.7. The van der Waals surface area contributed by atoms with Crippen molar-refractivity contribution in [3.05, 3.63) is 18.3 Å². The van der Waals surface area contributed by atoms with Gasteiger partial charge < -0.3 is 9.47 Å². The van der Waals surface area contributed by atoms with Crippen LogP contribution in [0, 0.1) is 0 Å². The molecule has 0 atom stereocenters. The Bertz CT molecular complexity index is 480. The number of pyridine rings is 1. The lowest BCUT2D eigenvalue weighted by atomic mass is 10.2. The Morgan fingerprint density at radius 3 is 2.65 bits per heavy atom. The molecule has 1 N–H and O–H groups in total. The van der Waals surface area contributed by atoms with Gasteiger partial charge in [-0.3, -0.25) is 10.1 Å². The van der Waals surface area contributed by atoms with Gasteiger partial charge in [0.25, 0.3) is 0 Å². The average Bonchev–Trinajstić information content (AvgIpc) is 2.34. The van der Waals surface area contributed by atoms with Crippen LogP contribution in [-0.4, -0.2) is 29.1 Å². The Morgan fingerprint density at radius 2 is 2.05 bits per heavy atom. The van der Waals surface area contributed by atoms with Crippen LogP contribution in [-0.2, 0) is 9.53 Å². The highest BCUT2D eigenvalue weighted by molar-refractivity contribution is 5.83. The summed E-state index contributed by atoms with van der Waals surface area (Å²) in [5.41, 5.74) is -0.578. The van der Waals surface area contributed by atoms with Crippen molar-refractivity contribution < 1.29 is 19.1 Å². The molecule has 0 unspecified atom stereocenters. The summed E-state index contributed by atoms with van der Waals surface area (Å²) < 4.78 is 10.4. The summed E-state index contributed by atoms with van der Waals surface area (Å²) in [6.45, 7) is 7.10. The summed E-state index contributed by atoms with van der Waals surface area (Å²) in [5, 5.41) is 2.50. The minimum absolute atomic E-state index is 0.00321. The molecule has 0 fully saturated rings. The van der Waals surface area contributed by atoms with Gasteiger partial charge in [0.05, 0.1) is 0 Å². The first kappa shape index (κ1) is 15.9. The van der Waals surface area contributed by atoms with Crippen LogP contribution in [0.25, 0.3) is 0 Å². The zero-order chi connectivity index (χ0) is 15.2. The second-order valence-corrected chi connectivity index (χ2v) is 5.18. The number of Topliss-reactive ketones (excluding diaryl/α,β-unsaturated/α-hetero) is 1. The van der Waals surface area contributed by atoms with Gasteiger partial charge in [0, 0.05) is 18.7 Å². The molecule has 1 aromatic heterocycles. The molecule has 6 nitrogen and oxygen atoms in total. The number of aromatic nitrogens is 1. The van der Waals surface area contributed by atoms with Crippen molar-refractivity contribution in [1.82, 2.24) is 4.98 Å². The number of anilines is 1. The first-order valence-corrected chi connectivity index (χ1v) is 6.40. The van der Waals surface area contributed by atoms with E-state index in [-0.39, 0.29) is 12.4 Å². The van der Waals surface area contributed by atoms with Crippen LogP contribution in [0.5, 0.6) is 5.75 Å². The number of hydrogen-bond donors (Lipinski definition) is 1. The number of nitrogens with one attached hydrogen (secondary N) is 1. The molecular weight excluding hydrogens is 260 g/mol. The molecule has 6 heteroatoms. The van der Waals surface area contributed by atoms with Crippen LogP contribution in [0.15, 0.2) is 18.3 Å². The van der Waals surface area contributed by atoms with Gasteiger partial charge in [-0.15, -0.1) is 0 Å². The standard InChI is InChI=1S/C14H20N2O4/c1-5-10(17)9-19-11-6-7-15-12(8-11)16-13(18)20-14(2,3)4/h6-8H,5,9H2,1-4H3,(H,15,16,18). The van der Waals surface area contributed by atoms with Crippen molar-refractivity contribution in [2.75, 3.05) is 11.9 Å². The van der Waals surface area contributed by atoms with Gasteiger partial charge >= 0.3 is 6.09 Å². The van der Waals surface area contributed by atoms with Gasteiger partial charge in [0.15, 0.2) is 5.78 Å². The second kappa shape index (κ2) is 6.88. The predicted molar refractivity (Wildman–Crippen MR) is 74.9 cm³/mol. The molecule has 1 aromatic rings. The predicted octanol–water partition coefficient (Wildman–Crippen LogP) is 2.79. The highest BCUT2D eigenvalue weighted by atomic mass is 16.6. The molecule has 0 bridgehead atoms. The fraction of sp³-hybridized carbons (Fsp3) is 0.500. The minimum atomic E-state index is -0.591. The van der Waals surface area contributed by atoms with Crippen molar-refractivity contribution in [3.63, 3.8) is 0 Å². The van der Waals surface area contributed by atoms with E-state index in [1.165, 1.54) is 12.3 Å². The number of amides is 1. The van der Waals surface area contributed by atoms with E-state index in [4.69, 9.17) is 9.47 Å². The summed E-state index contributed by atoms with van der Waals surface area (Å²) in [5.74, 6) is 0.775. The third-order valence-electron chi connectivity index (χ3n) is 2.15. The average molecular weight is 280 g/mol. The van der Waals surface area contributed by atoms with Crippen LogP contribution in [0.2, 0.25) is 0 Å². The van der Waals surface area contributed by atoms with E-state index in [0.717, 1.165) is 0 Å². The molecule has 0 spiro atoms. The summed E-state index contributed by atoms with van der Waals surface area (Å²) in [6.07, 6.45) is 1.32. The topological polar surface area (TPSA) is 77.5 Å². The largest absolute Gasteiger partial charge is 0.486 e. The first-order chi connectivity index (χ1) is 9.30. The number of ether oxygens (including phenoxy) is 2. The van der Waals surface area contributed by atoms with Gasteiger partial charge in [0.1, 0.15) is 23.8 Å². The zero-order valence-corrected chi connectivity index (χ0v) is 12.2. The number of nitrogens with zero attached hydrogens (tertiary/aromatic N) is 1. The van der Waals surface area contributed by atoms with E-state index in [2.05, 4.69) is 10.3 Å². The van der Waals surface area contributed by atoms with Crippen LogP contribution in [0.3, 0.4) is 0 Å². The number of carbonyl (C=O) groups is 2. The molecule has 0 radical (unpaired) electrons. The van der Waals surface area contributed by atoms with E-state index < -0.39 is 11.7 Å². The van der Waals surface area contributed by atoms with E-state index in [1.54, 1.807) is 33.8 Å². The van der Waals surface area contributed by atoms with E-state index in [1.807, 2.05) is 0 Å². The van der Waals surface area contributed by atoms with E-state index in [9.17, 15) is 9.59 Å². The maximum Gasteiger partial charge on any atom is 0.413 e. The molecule has 110 valence electrons. The maximum atomic E-state index is 11.6. The number of carbonyl (C=O) groups excluding carboxylic acids is 2. The molecular formula is C14H20N2O4. The van der Waals surface area contributed by atoms with Crippen molar-refractivity contribution in [1.29, 1.82) is 0 Å². The second-order valence-electron chi connectivity index (χ2n) is 5.18. The maximum absolute atomic E-state index is 11.6. The van der Waals surface area contributed by atoms with E-state index >= 15 is 0 Å². The van der Waals surface area contributed by atoms with Crippen molar-refractivity contribution in [3.8, 4) is 5.75 Å². The molecule has 0 aliphatic rings. The normalized spacial score (nSPS) is 10.8. The first-order valence-electron chi connectivity index (χ1n) is 6.40. The highest BCUT2D eigenvalue weighted by Gasteiger charge is 2.16. The molecule has 20 heavy (non-hydrogen) atoms. The fourth-order valence-electron chi connectivity index (χ4n) is 1.24. The minimum Gasteiger partial charge on any atom is -0.486 e. The number of hydrogen-bond acceptors (Lipinski definition) is 5. The lowest BCUT2D eigenvalue weighted by Crippen LogP contribution is -2.27. The Hall–Kier alpha value is -2.11. The molecule has 0 aliphatic heterocycles. The number of ketones is 1. The third-order valence-corrected chi connectivity index (χ3v) is 2.15. The molecule has 0 saturated carbocycles. The fourth-order valence-corrected chi connectivity index (χ4v) is 1.24. The summed E-state index contributed by atoms with van der Waals surface area (Å²) in [6, 6.07) is 3.15. The smallest absolute Gasteiger partial charge is 0.413 e. The van der Waals surface area contributed by atoms with Crippen LogP contribution in [0.4, 0.5) is 10.6 Å². The molecule has 1 amide bonds. The Kier molecular flexibility index (Phi) is 5.49. The lowest BCUT2D eigenvalue weighted by Gasteiger charge is -2.19. The third kappa shape index (κ3) is 6.17. The molecule has 0 aromatic carbocycles. The van der Waals surface area contributed by atoms with Gasteiger partial charge in [-0.05, 0) is 26.8 Å². The van der Waals surface area contributed by atoms with Gasteiger partial charge in [0.2, 0.25) is 0 Å². The Balaban J connectivity index is 2.59. The summed E-state index contributed by atoms with van der Waals surface area (Å²) >= 11 is 0. The Labute approximate surface area is 118 Å². The lowest BCUT2D eigenvalue weighted by molar-refractivity contribution is -0.120. The van der Waals surface area contributed by atoms with Crippen molar-refractivity contribution in [2.45, 2.75) is 39.7 Å². The van der Waals surface area contributed by atoms with Gasteiger partial charge in [-0.1, -0.05) is 6.92 Å². The highest BCUT2D eigenvalue weighted by Crippen LogP contribution is 2.16. The number of rotatable bonds is 5. The Morgan fingerprint density at radius 1 is 1.35 bits per heavy atom. The molecule has 0 aliphatic carbocycles. The SMILES string of the molecule is CCC(=O)COc1ccnc(NC(=O)OC(C)(C)C)c1. The van der Waals surface area contributed by atoms with Crippen LogP contribution >= 0.6 is 0 Å².